The van der Waals surface area contributed by atoms with Crippen LogP contribution in [0.2, 0.25) is 5.02 Å². The maximum absolute atomic E-state index is 12.1. The van der Waals surface area contributed by atoms with Gasteiger partial charge in [0.25, 0.3) is 0 Å². The van der Waals surface area contributed by atoms with Crippen LogP contribution in [0.4, 0.5) is 0 Å². The molecule has 2 aromatic rings. The Kier molecular flexibility index (Phi) is 4.97. The lowest BCUT2D eigenvalue weighted by atomic mass is 10.3. The predicted octanol–water partition coefficient (Wildman–Crippen LogP) is 3.08. The second-order valence-corrected chi connectivity index (χ2v) is 7.48. The van der Waals surface area contributed by atoms with Gasteiger partial charge in [0.05, 0.1) is 16.2 Å². The topological polar surface area (TPSA) is 59.1 Å². The van der Waals surface area contributed by atoms with Crippen LogP contribution in [0.25, 0.3) is 0 Å². The minimum absolute atomic E-state index is 0.0793. The molecule has 0 radical (unpaired) electrons. The zero-order chi connectivity index (χ0) is 13.9. The van der Waals surface area contributed by atoms with Crippen molar-refractivity contribution < 1.29 is 8.42 Å². The van der Waals surface area contributed by atoms with E-state index in [0.717, 1.165) is 10.2 Å². The first-order valence-corrected chi connectivity index (χ1v) is 8.90. The highest BCUT2D eigenvalue weighted by Gasteiger charge is 2.17. The molecule has 0 unspecified atom stereocenters. The van der Waals surface area contributed by atoms with Crippen LogP contribution in [0.15, 0.2) is 38.5 Å². The highest BCUT2D eigenvalue weighted by Crippen LogP contribution is 2.24. The number of sulfonamides is 1. The van der Waals surface area contributed by atoms with Crippen LogP contribution in [0, 0.1) is 0 Å². The molecule has 0 aliphatic rings. The summed E-state index contributed by atoms with van der Waals surface area (Å²) >= 11 is 10.7. The number of hydrogen-bond donors (Lipinski definition) is 1. The molecule has 2 rings (SSSR count). The summed E-state index contributed by atoms with van der Waals surface area (Å²) in [7, 11) is -3.59. The average Bonchev–Trinajstić information content (AvgIpc) is 2.81. The number of thiazole rings is 1. The molecule has 19 heavy (non-hydrogen) atoms. The molecular weight excluding hydrogens is 372 g/mol. The predicted molar refractivity (Wildman–Crippen MR) is 80.2 cm³/mol. The van der Waals surface area contributed by atoms with Crippen molar-refractivity contribution >= 4 is 48.9 Å². The Morgan fingerprint density at radius 3 is 2.84 bits per heavy atom. The first kappa shape index (κ1) is 14.9. The van der Waals surface area contributed by atoms with Crippen LogP contribution < -0.4 is 4.72 Å². The molecule has 0 bridgehead atoms. The fourth-order valence-corrected chi connectivity index (χ4v) is 4.11. The van der Waals surface area contributed by atoms with E-state index in [4.69, 9.17) is 11.6 Å². The van der Waals surface area contributed by atoms with Crippen LogP contribution in [0.1, 0.15) is 5.69 Å². The molecule has 1 aromatic heterocycles. The maximum atomic E-state index is 12.1. The third kappa shape index (κ3) is 4.00. The van der Waals surface area contributed by atoms with Gasteiger partial charge < -0.3 is 0 Å². The Labute approximate surface area is 129 Å². The zero-order valence-electron chi connectivity index (χ0n) is 9.64. The molecular formula is C11H10BrClN2O2S2. The molecule has 0 spiro atoms. The third-order valence-corrected chi connectivity index (χ3v) is 5.41. The van der Waals surface area contributed by atoms with Crippen molar-refractivity contribution in [3.8, 4) is 0 Å². The Morgan fingerprint density at radius 2 is 2.21 bits per heavy atom. The number of hydrogen-bond acceptors (Lipinski definition) is 4. The monoisotopic (exact) mass is 380 g/mol. The Morgan fingerprint density at radius 1 is 1.42 bits per heavy atom. The van der Waals surface area contributed by atoms with Gasteiger partial charge in [-0.1, -0.05) is 27.5 Å². The SMILES string of the molecule is O=S(=O)(NCCc1cscn1)c1ccc(Br)cc1Cl. The molecule has 8 heteroatoms. The molecule has 1 aromatic carbocycles. The van der Waals surface area contributed by atoms with E-state index in [0.29, 0.717) is 13.0 Å². The van der Waals surface area contributed by atoms with Crippen LogP contribution in [-0.2, 0) is 16.4 Å². The van der Waals surface area contributed by atoms with E-state index in [-0.39, 0.29) is 9.92 Å². The molecule has 0 amide bonds. The zero-order valence-corrected chi connectivity index (χ0v) is 13.6. The molecule has 1 N–H and O–H groups in total. The lowest BCUT2D eigenvalue weighted by Crippen LogP contribution is -2.26. The summed E-state index contributed by atoms with van der Waals surface area (Å²) in [4.78, 5) is 4.17. The van der Waals surface area contributed by atoms with Gasteiger partial charge in [-0.25, -0.2) is 18.1 Å². The summed E-state index contributed by atoms with van der Waals surface area (Å²) < 4.78 is 27.4. The van der Waals surface area contributed by atoms with Gasteiger partial charge in [0, 0.05) is 22.8 Å². The van der Waals surface area contributed by atoms with Gasteiger partial charge in [-0.15, -0.1) is 11.3 Å². The summed E-state index contributed by atoms with van der Waals surface area (Å²) in [5.41, 5.74) is 2.59. The number of nitrogens with one attached hydrogen (secondary N) is 1. The van der Waals surface area contributed by atoms with E-state index in [2.05, 4.69) is 25.6 Å². The van der Waals surface area contributed by atoms with Gasteiger partial charge in [0.15, 0.2) is 0 Å². The lowest BCUT2D eigenvalue weighted by Gasteiger charge is -2.08. The maximum Gasteiger partial charge on any atom is 0.242 e. The van der Waals surface area contributed by atoms with Gasteiger partial charge >= 0.3 is 0 Å². The van der Waals surface area contributed by atoms with Crippen molar-refractivity contribution in [2.75, 3.05) is 6.54 Å². The molecule has 0 atom stereocenters. The summed E-state index contributed by atoms with van der Waals surface area (Å²) in [5.74, 6) is 0. The Bertz CT molecular complexity index is 659. The van der Waals surface area contributed by atoms with Crippen molar-refractivity contribution in [1.82, 2.24) is 9.71 Å². The number of nitrogens with zero attached hydrogens (tertiary/aromatic N) is 1. The molecule has 0 aliphatic carbocycles. The van der Waals surface area contributed by atoms with E-state index >= 15 is 0 Å². The number of halogens is 2. The molecule has 102 valence electrons. The van der Waals surface area contributed by atoms with Crippen LogP contribution in [0.3, 0.4) is 0 Å². The fourth-order valence-electron chi connectivity index (χ4n) is 1.45. The normalized spacial score (nSPS) is 11.7. The highest BCUT2D eigenvalue weighted by molar-refractivity contribution is 9.10. The second-order valence-electron chi connectivity index (χ2n) is 3.70. The smallest absolute Gasteiger partial charge is 0.242 e. The molecule has 0 aliphatic heterocycles. The van der Waals surface area contributed by atoms with Gasteiger partial charge in [0.2, 0.25) is 10.0 Å². The van der Waals surface area contributed by atoms with E-state index in [9.17, 15) is 8.42 Å². The van der Waals surface area contributed by atoms with Gasteiger partial charge in [-0.2, -0.15) is 0 Å². The number of aromatic nitrogens is 1. The minimum atomic E-state index is -3.59. The second kappa shape index (κ2) is 6.32. The minimum Gasteiger partial charge on any atom is -0.250 e. The van der Waals surface area contributed by atoms with Gasteiger partial charge in [0.1, 0.15) is 4.90 Å². The van der Waals surface area contributed by atoms with Gasteiger partial charge in [-0.3, -0.25) is 0 Å². The van der Waals surface area contributed by atoms with Crippen molar-refractivity contribution in [3.63, 3.8) is 0 Å². The Hall–Kier alpha value is -0.470. The van der Waals surface area contributed by atoms with Crippen molar-refractivity contribution in [2.24, 2.45) is 0 Å². The number of rotatable bonds is 5. The third-order valence-electron chi connectivity index (χ3n) is 2.34. The summed E-state index contributed by atoms with van der Waals surface area (Å²) in [6.07, 6.45) is 0.552. The quantitative estimate of drug-likeness (QED) is 0.866. The van der Waals surface area contributed by atoms with Crippen LogP contribution in [-0.4, -0.2) is 19.9 Å². The molecule has 0 fully saturated rings. The van der Waals surface area contributed by atoms with E-state index in [1.165, 1.54) is 17.4 Å². The number of benzene rings is 1. The first-order chi connectivity index (χ1) is 8.99. The fraction of sp³-hybridized carbons (Fsp3) is 0.182. The summed E-state index contributed by atoms with van der Waals surface area (Å²) in [6.45, 7) is 0.290. The largest absolute Gasteiger partial charge is 0.250 e. The summed E-state index contributed by atoms with van der Waals surface area (Å²) in [6, 6.07) is 4.66. The van der Waals surface area contributed by atoms with Crippen molar-refractivity contribution in [3.05, 3.63) is 44.3 Å². The van der Waals surface area contributed by atoms with Crippen molar-refractivity contribution in [2.45, 2.75) is 11.3 Å². The van der Waals surface area contributed by atoms with E-state index < -0.39 is 10.0 Å². The molecule has 4 nitrogen and oxygen atoms in total. The Balaban J connectivity index is 2.05. The standard InChI is InChI=1S/C11H10BrClN2O2S2/c12-8-1-2-11(10(13)5-8)19(16,17)15-4-3-9-6-18-7-14-9/h1-2,5-7,15H,3-4H2. The highest BCUT2D eigenvalue weighted by atomic mass is 79.9. The first-order valence-electron chi connectivity index (χ1n) is 5.31. The molecule has 0 saturated heterocycles. The van der Waals surface area contributed by atoms with Crippen LogP contribution >= 0.6 is 38.9 Å². The molecule has 0 saturated carbocycles. The lowest BCUT2D eigenvalue weighted by molar-refractivity contribution is 0.581. The molecule has 1 heterocycles. The van der Waals surface area contributed by atoms with Crippen molar-refractivity contribution in [1.29, 1.82) is 0 Å². The van der Waals surface area contributed by atoms with E-state index in [1.807, 2.05) is 5.38 Å². The van der Waals surface area contributed by atoms with Gasteiger partial charge in [-0.05, 0) is 18.2 Å². The average molecular weight is 382 g/mol. The van der Waals surface area contributed by atoms with Crippen LogP contribution in [0.5, 0.6) is 0 Å². The summed E-state index contributed by atoms with van der Waals surface area (Å²) in [5, 5.41) is 2.08. The van der Waals surface area contributed by atoms with E-state index in [1.54, 1.807) is 17.6 Å².